The third-order valence-corrected chi connectivity index (χ3v) is 1.38. The molecule has 1 aliphatic rings. The van der Waals surface area contributed by atoms with E-state index in [1.165, 1.54) is 23.3 Å². The zero-order chi connectivity index (χ0) is 9.14. The third kappa shape index (κ3) is 1.88. The van der Waals surface area contributed by atoms with Gasteiger partial charge in [0.25, 0.3) is 0 Å². The Labute approximate surface area is 70.5 Å². The van der Waals surface area contributed by atoms with Crippen LogP contribution in [-0.4, -0.2) is 23.1 Å². The van der Waals surface area contributed by atoms with Gasteiger partial charge in [-0.2, -0.15) is 0 Å². The molecule has 0 aromatic carbocycles. The van der Waals surface area contributed by atoms with Gasteiger partial charge in [0.2, 0.25) is 0 Å². The van der Waals surface area contributed by atoms with Crippen LogP contribution in [0.5, 0.6) is 0 Å². The molecule has 0 spiro atoms. The predicted molar refractivity (Wildman–Crippen MR) is 45.3 cm³/mol. The number of rotatable bonds is 0. The van der Waals surface area contributed by atoms with Gasteiger partial charge >= 0.3 is 6.03 Å². The van der Waals surface area contributed by atoms with Crippen LogP contribution in [-0.2, 0) is 0 Å². The van der Waals surface area contributed by atoms with Crippen LogP contribution in [0.1, 0.15) is 0 Å². The van der Waals surface area contributed by atoms with E-state index in [4.69, 9.17) is 5.11 Å². The SMILES string of the molecule is C=C1/C=C(O)\C=C/N(C)C(=O)N1. The fourth-order valence-electron chi connectivity index (χ4n) is 0.744. The van der Waals surface area contributed by atoms with E-state index >= 15 is 0 Å². The second-order valence-electron chi connectivity index (χ2n) is 2.45. The Morgan fingerprint density at radius 1 is 1.67 bits per heavy atom. The van der Waals surface area contributed by atoms with E-state index in [0.29, 0.717) is 5.70 Å². The Hall–Kier alpha value is -1.71. The number of aliphatic hydroxyl groups excluding tert-OH is 1. The van der Waals surface area contributed by atoms with Crippen molar-refractivity contribution in [3.05, 3.63) is 36.4 Å². The zero-order valence-electron chi connectivity index (χ0n) is 6.74. The minimum Gasteiger partial charge on any atom is -0.508 e. The van der Waals surface area contributed by atoms with Gasteiger partial charge in [-0.15, -0.1) is 0 Å². The van der Waals surface area contributed by atoms with E-state index in [1.54, 1.807) is 7.05 Å². The highest BCUT2D eigenvalue weighted by atomic mass is 16.3. The van der Waals surface area contributed by atoms with Crippen LogP contribution in [0.4, 0.5) is 4.79 Å². The Kier molecular flexibility index (Phi) is 2.19. The van der Waals surface area contributed by atoms with E-state index in [2.05, 4.69) is 11.9 Å². The van der Waals surface area contributed by atoms with Crippen LogP contribution in [0.2, 0.25) is 0 Å². The largest absolute Gasteiger partial charge is 0.508 e. The van der Waals surface area contributed by atoms with Crippen LogP contribution in [0.25, 0.3) is 0 Å². The topological polar surface area (TPSA) is 52.6 Å². The molecule has 1 rings (SSSR count). The van der Waals surface area contributed by atoms with Crippen molar-refractivity contribution >= 4 is 6.03 Å². The lowest BCUT2D eigenvalue weighted by atomic mass is 10.3. The summed E-state index contributed by atoms with van der Waals surface area (Å²) in [6, 6.07) is -0.278. The van der Waals surface area contributed by atoms with E-state index in [9.17, 15) is 4.79 Å². The van der Waals surface area contributed by atoms with Crippen molar-refractivity contribution in [1.29, 1.82) is 0 Å². The predicted octanol–water partition coefficient (Wildman–Crippen LogP) is 1.11. The van der Waals surface area contributed by atoms with Gasteiger partial charge in [0.1, 0.15) is 5.76 Å². The normalized spacial score (nSPS) is 25.1. The minimum atomic E-state index is -0.278. The van der Waals surface area contributed by atoms with Crippen LogP contribution < -0.4 is 5.32 Å². The molecule has 4 heteroatoms. The highest BCUT2D eigenvalue weighted by Gasteiger charge is 2.07. The standard InChI is InChI=1S/C8H10N2O2/c1-6-5-7(11)3-4-10(2)8(12)9-6/h3-5,11H,1H2,2H3,(H,9,12)/b4-3-,7-5+. The van der Waals surface area contributed by atoms with Crippen molar-refractivity contribution < 1.29 is 9.90 Å². The molecule has 0 unspecified atom stereocenters. The molecule has 0 saturated carbocycles. The first kappa shape index (κ1) is 8.39. The fourth-order valence-corrected chi connectivity index (χ4v) is 0.744. The lowest BCUT2D eigenvalue weighted by Crippen LogP contribution is -2.33. The molecule has 1 aliphatic heterocycles. The summed E-state index contributed by atoms with van der Waals surface area (Å²) in [4.78, 5) is 12.4. The quantitative estimate of drug-likeness (QED) is 0.566. The van der Waals surface area contributed by atoms with Gasteiger partial charge in [0.15, 0.2) is 0 Å². The van der Waals surface area contributed by atoms with Crippen molar-refractivity contribution in [1.82, 2.24) is 10.2 Å². The summed E-state index contributed by atoms with van der Waals surface area (Å²) >= 11 is 0. The molecule has 0 aromatic heterocycles. The number of aliphatic hydroxyl groups is 1. The molecule has 0 atom stereocenters. The van der Waals surface area contributed by atoms with Gasteiger partial charge in [-0.1, -0.05) is 6.58 Å². The summed E-state index contributed by atoms with van der Waals surface area (Å²) in [5.74, 6) is 0.0619. The average Bonchev–Trinajstić information content (AvgIpc) is 1.98. The van der Waals surface area contributed by atoms with Gasteiger partial charge in [-0.05, 0) is 6.08 Å². The minimum absolute atomic E-state index is 0.0619. The monoisotopic (exact) mass is 166 g/mol. The number of amides is 2. The molecular formula is C8H10N2O2. The van der Waals surface area contributed by atoms with Crippen LogP contribution in [0, 0.1) is 0 Å². The zero-order valence-corrected chi connectivity index (χ0v) is 6.74. The lowest BCUT2D eigenvalue weighted by Gasteiger charge is -2.15. The summed E-state index contributed by atoms with van der Waals surface area (Å²) in [5, 5.41) is 11.6. The molecule has 0 aromatic rings. The molecule has 4 nitrogen and oxygen atoms in total. The maximum atomic E-state index is 11.1. The number of carbonyl (C=O) groups excluding carboxylic acids is 1. The smallest absolute Gasteiger partial charge is 0.325 e. The Balaban J connectivity index is 2.90. The molecule has 2 amide bonds. The average molecular weight is 166 g/mol. The number of hydrogen-bond acceptors (Lipinski definition) is 2. The molecule has 0 aliphatic carbocycles. The maximum Gasteiger partial charge on any atom is 0.325 e. The maximum absolute atomic E-state index is 11.1. The molecule has 0 fully saturated rings. The number of urea groups is 1. The molecule has 2 N–H and O–H groups in total. The summed E-state index contributed by atoms with van der Waals surface area (Å²) in [6.07, 6.45) is 4.26. The van der Waals surface area contributed by atoms with Crippen molar-refractivity contribution in [3.8, 4) is 0 Å². The summed E-state index contributed by atoms with van der Waals surface area (Å²) in [6.45, 7) is 3.52. The van der Waals surface area contributed by atoms with Gasteiger partial charge in [-0.3, -0.25) is 0 Å². The highest BCUT2D eigenvalue weighted by Crippen LogP contribution is 2.02. The van der Waals surface area contributed by atoms with Crippen molar-refractivity contribution in [2.24, 2.45) is 0 Å². The summed E-state index contributed by atoms with van der Waals surface area (Å²) in [7, 11) is 1.58. The first-order valence-electron chi connectivity index (χ1n) is 3.41. The number of carbonyl (C=O) groups is 1. The first-order chi connectivity index (χ1) is 5.59. The molecule has 12 heavy (non-hydrogen) atoms. The second kappa shape index (κ2) is 3.13. The third-order valence-electron chi connectivity index (χ3n) is 1.38. The number of hydrogen-bond donors (Lipinski definition) is 2. The second-order valence-corrected chi connectivity index (χ2v) is 2.45. The highest BCUT2D eigenvalue weighted by molar-refractivity contribution is 5.77. The first-order valence-corrected chi connectivity index (χ1v) is 3.41. The van der Waals surface area contributed by atoms with E-state index in [1.807, 2.05) is 0 Å². The summed E-state index contributed by atoms with van der Waals surface area (Å²) in [5.41, 5.74) is 0.369. The number of allylic oxidation sites excluding steroid dienone is 2. The van der Waals surface area contributed by atoms with Crippen molar-refractivity contribution in [2.45, 2.75) is 0 Å². The fraction of sp³-hybridized carbons (Fsp3) is 0.125. The van der Waals surface area contributed by atoms with Gasteiger partial charge in [-0.25, -0.2) is 4.79 Å². The van der Waals surface area contributed by atoms with E-state index in [-0.39, 0.29) is 11.8 Å². The number of nitrogens with zero attached hydrogens (tertiary/aromatic N) is 1. The summed E-state index contributed by atoms with van der Waals surface area (Å²) < 4.78 is 0. The van der Waals surface area contributed by atoms with Gasteiger partial charge < -0.3 is 15.3 Å². The van der Waals surface area contributed by atoms with Gasteiger partial charge in [0, 0.05) is 25.0 Å². The van der Waals surface area contributed by atoms with Crippen LogP contribution in [0.15, 0.2) is 36.4 Å². The van der Waals surface area contributed by atoms with E-state index in [0.717, 1.165) is 0 Å². The van der Waals surface area contributed by atoms with Gasteiger partial charge in [0.05, 0.1) is 0 Å². The number of nitrogens with one attached hydrogen (secondary N) is 1. The molecule has 1 heterocycles. The Bertz CT molecular complexity index is 279. The molecule has 0 bridgehead atoms. The van der Waals surface area contributed by atoms with E-state index < -0.39 is 0 Å². The Morgan fingerprint density at radius 3 is 3.00 bits per heavy atom. The van der Waals surface area contributed by atoms with Crippen molar-refractivity contribution in [2.75, 3.05) is 7.05 Å². The van der Waals surface area contributed by atoms with Crippen molar-refractivity contribution in [3.63, 3.8) is 0 Å². The molecular weight excluding hydrogens is 156 g/mol. The Morgan fingerprint density at radius 2 is 2.33 bits per heavy atom. The molecule has 0 radical (unpaired) electrons. The van der Waals surface area contributed by atoms with Crippen LogP contribution in [0.3, 0.4) is 0 Å². The lowest BCUT2D eigenvalue weighted by molar-refractivity contribution is 0.225. The molecule has 64 valence electrons. The van der Waals surface area contributed by atoms with Crippen LogP contribution >= 0.6 is 0 Å². The molecule has 0 saturated heterocycles.